The largest absolute Gasteiger partial charge is 0.468 e. The fourth-order valence-corrected chi connectivity index (χ4v) is 4.38. The van der Waals surface area contributed by atoms with Gasteiger partial charge in [0, 0.05) is 17.6 Å². The Labute approximate surface area is 129 Å². The Balaban J connectivity index is 1.74. The highest BCUT2D eigenvalue weighted by atomic mass is 16.5. The molecule has 0 amide bonds. The van der Waals surface area contributed by atoms with Crippen LogP contribution in [0.3, 0.4) is 0 Å². The van der Waals surface area contributed by atoms with Crippen LogP contribution < -0.4 is 5.32 Å². The SMILES string of the molecule is COC(=O)[C@]12CCC[C@H]1C[C@H](c1ccnc3ccccc13)N2. The van der Waals surface area contributed by atoms with Crippen molar-refractivity contribution in [3.63, 3.8) is 0 Å². The molecule has 4 rings (SSSR count). The van der Waals surface area contributed by atoms with E-state index in [0.717, 1.165) is 31.2 Å². The average molecular weight is 296 g/mol. The molecule has 4 heteroatoms. The zero-order chi connectivity index (χ0) is 15.2. The Morgan fingerprint density at radius 2 is 2.23 bits per heavy atom. The lowest BCUT2D eigenvalue weighted by Gasteiger charge is -2.27. The number of ether oxygens (including phenoxy) is 1. The van der Waals surface area contributed by atoms with Crippen molar-refractivity contribution in [2.45, 2.75) is 37.3 Å². The van der Waals surface area contributed by atoms with E-state index in [1.165, 1.54) is 18.1 Å². The Kier molecular flexibility index (Phi) is 3.15. The molecule has 1 aliphatic heterocycles. The summed E-state index contributed by atoms with van der Waals surface area (Å²) in [6.07, 6.45) is 5.92. The Bertz CT molecular complexity index is 725. The van der Waals surface area contributed by atoms with Gasteiger partial charge in [-0.05, 0) is 42.9 Å². The van der Waals surface area contributed by atoms with Gasteiger partial charge in [-0.1, -0.05) is 24.6 Å². The number of hydrogen-bond donors (Lipinski definition) is 1. The molecular formula is C18H20N2O2. The third kappa shape index (κ3) is 1.87. The third-order valence-corrected chi connectivity index (χ3v) is 5.38. The van der Waals surface area contributed by atoms with Crippen LogP contribution in [0.15, 0.2) is 36.5 Å². The average Bonchev–Trinajstić information content (AvgIpc) is 3.11. The molecule has 0 bridgehead atoms. The van der Waals surface area contributed by atoms with Crippen molar-refractivity contribution in [1.82, 2.24) is 10.3 Å². The second-order valence-corrected chi connectivity index (χ2v) is 6.40. The minimum atomic E-state index is -0.482. The molecule has 22 heavy (non-hydrogen) atoms. The van der Waals surface area contributed by atoms with Crippen molar-refractivity contribution < 1.29 is 9.53 Å². The molecule has 1 aromatic carbocycles. The number of carbonyl (C=O) groups is 1. The standard InChI is InChI=1S/C18H20N2O2/c1-22-17(21)18-9-4-5-12(18)11-16(20-18)14-8-10-19-15-7-3-2-6-13(14)15/h2-3,6-8,10,12,16,20H,4-5,9,11H2,1H3/t12-,16+,18-/m0/s1. The number of rotatable bonds is 2. The number of fused-ring (bicyclic) bond motifs is 2. The maximum atomic E-state index is 12.4. The van der Waals surface area contributed by atoms with E-state index < -0.39 is 5.54 Å². The summed E-state index contributed by atoms with van der Waals surface area (Å²) in [6.45, 7) is 0. The maximum Gasteiger partial charge on any atom is 0.326 e. The first kappa shape index (κ1) is 13.7. The molecular weight excluding hydrogens is 276 g/mol. The molecule has 2 aromatic rings. The zero-order valence-electron chi connectivity index (χ0n) is 12.7. The number of nitrogens with one attached hydrogen (secondary N) is 1. The number of benzene rings is 1. The lowest BCUT2D eigenvalue weighted by atomic mass is 9.88. The number of nitrogens with zero attached hydrogens (tertiary/aromatic N) is 1. The Morgan fingerprint density at radius 1 is 1.36 bits per heavy atom. The van der Waals surface area contributed by atoms with Gasteiger partial charge in [-0.15, -0.1) is 0 Å². The van der Waals surface area contributed by atoms with Crippen LogP contribution in [0.1, 0.15) is 37.3 Å². The van der Waals surface area contributed by atoms with Gasteiger partial charge in [0.1, 0.15) is 5.54 Å². The molecule has 1 saturated heterocycles. The molecule has 1 aromatic heterocycles. The van der Waals surface area contributed by atoms with Gasteiger partial charge in [-0.3, -0.25) is 15.1 Å². The first-order chi connectivity index (χ1) is 10.7. The summed E-state index contributed by atoms with van der Waals surface area (Å²) in [5.74, 6) is 0.271. The normalized spacial score (nSPS) is 30.4. The van der Waals surface area contributed by atoms with E-state index in [0.29, 0.717) is 5.92 Å². The number of esters is 1. The summed E-state index contributed by atoms with van der Waals surface area (Å²) in [6, 6.07) is 10.5. The predicted molar refractivity (Wildman–Crippen MR) is 84.3 cm³/mol. The molecule has 1 aliphatic carbocycles. The summed E-state index contributed by atoms with van der Waals surface area (Å²) in [4.78, 5) is 16.8. The summed E-state index contributed by atoms with van der Waals surface area (Å²) in [7, 11) is 1.49. The van der Waals surface area contributed by atoms with E-state index in [1.807, 2.05) is 24.4 Å². The number of aromatic nitrogens is 1. The molecule has 2 heterocycles. The first-order valence-corrected chi connectivity index (χ1v) is 7.94. The van der Waals surface area contributed by atoms with Gasteiger partial charge in [0.05, 0.1) is 12.6 Å². The highest BCUT2D eigenvalue weighted by Gasteiger charge is 2.55. The highest BCUT2D eigenvalue weighted by Crippen LogP contribution is 2.49. The molecule has 1 N–H and O–H groups in total. The van der Waals surface area contributed by atoms with Crippen molar-refractivity contribution in [3.05, 3.63) is 42.1 Å². The molecule has 4 nitrogen and oxygen atoms in total. The summed E-state index contributed by atoms with van der Waals surface area (Å²) >= 11 is 0. The maximum absolute atomic E-state index is 12.4. The van der Waals surface area contributed by atoms with Gasteiger partial charge in [-0.25, -0.2) is 0 Å². The van der Waals surface area contributed by atoms with Gasteiger partial charge < -0.3 is 4.74 Å². The summed E-state index contributed by atoms with van der Waals surface area (Å²) < 4.78 is 5.10. The third-order valence-electron chi connectivity index (χ3n) is 5.38. The molecule has 0 spiro atoms. The lowest BCUT2D eigenvalue weighted by Crippen LogP contribution is -2.50. The fraction of sp³-hybridized carbons (Fsp3) is 0.444. The predicted octanol–water partition coefficient (Wildman–Crippen LogP) is 2.98. The molecule has 1 saturated carbocycles. The van der Waals surface area contributed by atoms with E-state index in [1.54, 1.807) is 0 Å². The van der Waals surface area contributed by atoms with Crippen LogP contribution in [0.4, 0.5) is 0 Å². The van der Waals surface area contributed by atoms with Crippen molar-refractivity contribution in [2.75, 3.05) is 7.11 Å². The van der Waals surface area contributed by atoms with Crippen LogP contribution >= 0.6 is 0 Å². The van der Waals surface area contributed by atoms with Gasteiger partial charge in [-0.2, -0.15) is 0 Å². The van der Waals surface area contributed by atoms with E-state index >= 15 is 0 Å². The molecule has 114 valence electrons. The van der Waals surface area contributed by atoms with Crippen LogP contribution in [0.5, 0.6) is 0 Å². The number of hydrogen-bond acceptors (Lipinski definition) is 4. The van der Waals surface area contributed by atoms with Crippen LogP contribution in [0.2, 0.25) is 0 Å². The van der Waals surface area contributed by atoms with Gasteiger partial charge >= 0.3 is 5.97 Å². The quantitative estimate of drug-likeness (QED) is 0.866. The molecule has 2 fully saturated rings. The Hall–Kier alpha value is -1.94. The zero-order valence-corrected chi connectivity index (χ0v) is 12.7. The van der Waals surface area contributed by atoms with Gasteiger partial charge in [0.2, 0.25) is 0 Å². The first-order valence-electron chi connectivity index (χ1n) is 7.94. The van der Waals surface area contributed by atoms with Crippen molar-refractivity contribution in [3.8, 4) is 0 Å². The highest BCUT2D eigenvalue weighted by molar-refractivity contribution is 5.84. The number of methoxy groups -OCH3 is 1. The van der Waals surface area contributed by atoms with Crippen molar-refractivity contribution in [2.24, 2.45) is 5.92 Å². The van der Waals surface area contributed by atoms with Crippen LogP contribution in [-0.4, -0.2) is 23.6 Å². The number of carbonyl (C=O) groups excluding carboxylic acids is 1. The summed E-state index contributed by atoms with van der Waals surface area (Å²) in [5.41, 5.74) is 1.76. The molecule has 3 atom stereocenters. The molecule has 0 radical (unpaired) electrons. The van der Waals surface area contributed by atoms with Crippen LogP contribution in [0.25, 0.3) is 10.9 Å². The minimum Gasteiger partial charge on any atom is -0.468 e. The van der Waals surface area contributed by atoms with Gasteiger partial charge in [0.15, 0.2) is 0 Å². The fourth-order valence-electron chi connectivity index (χ4n) is 4.38. The Morgan fingerprint density at radius 3 is 3.09 bits per heavy atom. The van der Waals surface area contributed by atoms with E-state index in [4.69, 9.17) is 4.74 Å². The van der Waals surface area contributed by atoms with Crippen molar-refractivity contribution >= 4 is 16.9 Å². The second-order valence-electron chi connectivity index (χ2n) is 6.40. The topological polar surface area (TPSA) is 51.2 Å². The monoisotopic (exact) mass is 296 g/mol. The van der Waals surface area contributed by atoms with Crippen LogP contribution in [-0.2, 0) is 9.53 Å². The van der Waals surface area contributed by atoms with E-state index in [2.05, 4.69) is 22.4 Å². The smallest absolute Gasteiger partial charge is 0.326 e. The van der Waals surface area contributed by atoms with Crippen LogP contribution in [0, 0.1) is 5.92 Å². The number of para-hydroxylation sites is 1. The molecule has 2 aliphatic rings. The molecule has 0 unspecified atom stereocenters. The van der Waals surface area contributed by atoms with Gasteiger partial charge in [0.25, 0.3) is 0 Å². The lowest BCUT2D eigenvalue weighted by molar-refractivity contribution is -0.149. The summed E-state index contributed by atoms with van der Waals surface area (Å²) in [5, 5.41) is 4.79. The minimum absolute atomic E-state index is 0.101. The van der Waals surface area contributed by atoms with E-state index in [9.17, 15) is 4.79 Å². The van der Waals surface area contributed by atoms with Crippen molar-refractivity contribution in [1.29, 1.82) is 0 Å². The van der Waals surface area contributed by atoms with E-state index in [-0.39, 0.29) is 12.0 Å². The second kappa shape index (κ2) is 5.06. The number of pyridine rings is 1.